The summed E-state index contributed by atoms with van der Waals surface area (Å²) in [6.07, 6.45) is 6.16. The number of nitrogens with one attached hydrogen (secondary N) is 1. The number of rotatable bonds is 4. The van der Waals surface area contributed by atoms with Gasteiger partial charge in [0.05, 0.1) is 12.4 Å². The molecule has 0 aliphatic heterocycles. The van der Waals surface area contributed by atoms with Crippen molar-refractivity contribution in [1.29, 1.82) is 0 Å². The smallest absolute Gasteiger partial charge is 0.328 e. The molecule has 7 nitrogen and oxygen atoms in total. The maximum absolute atomic E-state index is 9.55. The first-order chi connectivity index (χ1) is 12.0. The molecule has 2 aliphatic rings. The summed E-state index contributed by atoms with van der Waals surface area (Å²) in [4.78, 5) is 26.5. The van der Waals surface area contributed by atoms with Gasteiger partial charge in [-0.2, -0.15) is 0 Å². The minimum Gasteiger partial charge on any atom is -0.478 e. The lowest BCUT2D eigenvalue weighted by Crippen LogP contribution is -2.18. The van der Waals surface area contributed by atoms with Crippen molar-refractivity contribution in [3.05, 3.63) is 65.8 Å². The van der Waals surface area contributed by atoms with Crippen LogP contribution < -0.4 is 0 Å². The van der Waals surface area contributed by atoms with E-state index in [1.54, 1.807) is 13.4 Å². The fourth-order valence-electron chi connectivity index (χ4n) is 3.73. The number of H-pyrrole nitrogens is 1. The van der Waals surface area contributed by atoms with Crippen LogP contribution in [0.15, 0.2) is 48.9 Å². The van der Waals surface area contributed by atoms with E-state index in [9.17, 15) is 9.59 Å². The summed E-state index contributed by atoms with van der Waals surface area (Å²) in [5.41, 5.74) is 4.13. The van der Waals surface area contributed by atoms with Gasteiger partial charge in [-0.3, -0.25) is 0 Å². The number of aliphatic carboxylic acids is 2. The predicted octanol–water partition coefficient (Wildman–Crippen LogP) is 2.25. The van der Waals surface area contributed by atoms with Gasteiger partial charge in [0.2, 0.25) is 0 Å². The molecule has 1 saturated carbocycles. The average Bonchev–Trinajstić information content (AvgIpc) is 2.98. The van der Waals surface area contributed by atoms with Crippen LogP contribution in [-0.2, 0) is 19.7 Å². The standard InChI is InChI=1S/C14H14N2O.C4H4O4/c1-17-13-10-5-3-2-4-9(10)11-6-14(11,13)12-7-15-8-16-12;5-3(6)1-2-4(7)8/h2-5,7-8,11,13H,6H2,1H3,(H,15,16);1-2H,(H,5,6)(H,7,8)/b;2-1+/t11-,13+,14-;/m0./s1. The Morgan fingerprint density at radius 2 is 1.88 bits per heavy atom. The van der Waals surface area contributed by atoms with Gasteiger partial charge in [-0.15, -0.1) is 0 Å². The third-order valence-corrected chi connectivity index (χ3v) is 4.73. The molecule has 25 heavy (non-hydrogen) atoms. The first kappa shape index (κ1) is 16.9. The Morgan fingerprint density at radius 3 is 2.40 bits per heavy atom. The van der Waals surface area contributed by atoms with Gasteiger partial charge >= 0.3 is 11.9 Å². The minimum atomic E-state index is -1.26. The number of aromatic nitrogens is 2. The van der Waals surface area contributed by atoms with E-state index >= 15 is 0 Å². The SMILES string of the molecule is CO[C@@H]1c2ccccc2[C@@H]2C[C@]12c1cnc[nH]1.O=C(O)/C=C/C(=O)O. The number of hydrogen-bond acceptors (Lipinski definition) is 4. The highest BCUT2D eigenvalue weighted by Crippen LogP contribution is 2.72. The number of fused-ring (bicyclic) bond motifs is 3. The van der Waals surface area contributed by atoms with Gasteiger partial charge in [0.1, 0.15) is 0 Å². The second-order valence-electron chi connectivity index (χ2n) is 6.02. The highest BCUT2D eigenvalue weighted by Gasteiger charge is 2.67. The van der Waals surface area contributed by atoms with Crippen LogP contribution in [0.5, 0.6) is 0 Å². The normalized spacial score (nSPS) is 25.6. The Labute approximate surface area is 144 Å². The van der Waals surface area contributed by atoms with E-state index in [2.05, 4.69) is 34.2 Å². The molecular weight excluding hydrogens is 324 g/mol. The first-order valence-electron chi connectivity index (χ1n) is 7.75. The fraction of sp³-hybridized carbons (Fsp3) is 0.278. The van der Waals surface area contributed by atoms with Crippen LogP contribution in [0.4, 0.5) is 0 Å². The number of imidazole rings is 1. The van der Waals surface area contributed by atoms with E-state index in [-0.39, 0.29) is 11.5 Å². The van der Waals surface area contributed by atoms with Gasteiger partial charge in [-0.25, -0.2) is 14.6 Å². The highest BCUT2D eigenvalue weighted by molar-refractivity contribution is 5.89. The Kier molecular flexibility index (Phi) is 4.41. The predicted molar refractivity (Wildman–Crippen MR) is 88.2 cm³/mol. The Morgan fingerprint density at radius 1 is 1.24 bits per heavy atom. The zero-order valence-corrected chi connectivity index (χ0v) is 13.5. The number of carboxylic acids is 2. The second kappa shape index (κ2) is 6.52. The molecule has 130 valence electrons. The Balaban J connectivity index is 0.000000197. The third kappa shape index (κ3) is 2.94. The molecule has 0 radical (unpaired) electrons. The summed E-state index contributed by atoms with van der Waals surface area (Å²) < 4.78 is 5.77. The summed E-state index contributed by atoms with van der Waals surface area (Å²) >= 11 is 0. The van der Waals surface area contributed by atoms with E-state index < -0.39 is 11.9 Å². The summed E-state index contributed by atoms with van der Waals surface area (Å²) in [7, 11) is 1.81. The molecule has 1 aromatic carbocycles. The summed E-state index contributed by atoms with van der Waals surface area (Å²) in [6, 6.07) is 8.63. The third-order valence-electron chi connectivity index (χ3n) is 4.73. The van der Waals surface area contributed by atoms with Crippen LogP contribution in [0, 0.1) is 0 Å². The van der Waals surface area contributed by atoms with E-state index in [0.717, 1.165) is 0 Å². The van der Waals surface area contributed by atoms with Crippen LogP contribution in [0.3, 0.4) is 0 Å². The molecule has 2 aliphatic carbocycles. The second-order valence-corrected chi connectivity index (χ2v) is 6.02. The summed E-state index contributed by atoms with van der Waals surface area (Å²) in [5, 5.41) is 15.6. The summed E-state index contributed by atoms with van der Waals surface area (Å²) in [5.74, 6) is -1.91. The zero-order chi connectivity index (χ0) is 18.0. The lowest BCUT2D eigenvalue weighted by molar-refractivity contribution is -0.134. The summed E-state index contributed by atoms with van der Waals surface area (Å²) in [6.45, 7) is 0. The van der Waals surface area contributed by atoms with E-state index in [1.807, 2.05) is 6.20 Å². The van der Waals surface area contributed by atoms with E-state index in [4.69, 9.17) is 14.9 Å². The highest BCUT2D eigenvalue weighted by atomic mass is 16.5. The number of hydrogen-bond donors (Lipinski definition) is 3. The first-order valence-corrected chi connectivity index (χ1v) is 7.75. The molecule has 1 heterocycles. The van der Waals surface area contributed by atoms with Crippen LogP contribution >= 0.6 is 0 Å². The molecule has 3 N–H and O–H groups in total. The number of methoxy groups -OCH3 is 1. The average molecular weight is 342 g/mol. The van der Waals surface area contributed by atoms with Crippen molar-refractivity contribution in [2.75, 3.05) is 7.11 Å². The van der Waals surface area contributed by atoms with Crippen molar-refractivity contribution in [2.24, 2.45) is 0 Å². The molecule has 0 bridgehead atoms. The number of benzene rings is 1. The maximum Gasteiger partial charge on any atom is 0.328 e. The number of carboxylic acid groups (broad SMARTS) is 2. The fourth-order valence-corrected chi connectivity index (χ4v) is 3.73. The molecule has 0 spiro atoms. The van der Waals surface area contributed by atoms with Crippen molar-refractivity contribution in [3.63, 3.8) is 0 Å². The van der Waals surface area contributed by atoms with Gasteiger partial charge < -0.3 is 19.9 Å². The molecule has 1 fully saturated rings. The lowest BCUT2D eigenvalue weighted by atomic mass is 9.94. The van der Waals surface area contributed by atoms with Crippen LogP contribution in [0.2, 0.25) is 0 Å². The van der Waals surface area contributed by atoms with Crippen LogP contribution in [0.25, 0.3) is 0 Å². The molecule has 0 unspecified atom stereocenters. The van der Waals surface area contributed by atoms with Crippen molar-refractivity contribution in [1.82, 2.24) is 9.97 Å². The van der Waals surface area contributed by atoms with E-state index in [1.165, 1.54) is 23.2 Å². The monoisotopic (exact) mass is 342 g/mol. The van der Waals surface area contributed by atoms with Crippen molar-refractivity contribution in [3.8, 4) is 0 Å². The minimum absolute atomic E-state index is 0.120. The number of carbonyl (C=O) groups is 2. The molecule has 1 aromatic heterocycles. The van der Waals surface area contributed by atoms with E-state index in [0.29, 0.717) is 18.1 Å². The molecule has 7 heteroatoms. The largest absolute Gasteiger partial charge is 0.478 e. The number of nitrogens with zero attached hydrogens (tertiary/aromatic N) is 1. The van der Waals surface area contributed by atoms with Crippen LogP contribution in [0.1, 0.15) is 35.3 Å². The Hall–Kier alpha value is -2.93. The molecule has 0 amide bonds. The van der Waals surface area contributed by atoms with Gasteiger partial charge in [-0.1, -0.05) is 24.3 Å². The Bertz CT molecular complexity index is 799. The quantitative estimate of drug-likeness (QED) is 0.735. The van der Waals surface area contributed by atoms with Crippen molar-refractivity contribution >= 4 is 11.9 Å². The van der Waals surface area contributed by atoms with Crippen molar-refractivity contribution in [2.45, 2.75) is 23.9 Å². The lowest BCUT2D eigenvalue weighted by Gasteiger charge is -2.21. The van der Waals surface area contributed by atoms with Crippen molar-refractivity contribution < 1.29 is 24.5 Å². The molecule has 3 atom stereocenters. The van der Waals surface area contributed by atoms with Gasteiger partial charge in [-0.05, 0) is 23.5 Å². The van der Waals surface area contributed by atoms with Gasteiger partial charge in [0, 0.05) is 36.6 Å². The molecular formula is C18H18N2O5. The maximum atomic E-state index is 9.55. The number of aromatic amines is 1. The molecule has 0 saturated heterocycles. The van der Waals surface area contributed by atoms with Crippen LogP contribution in [-0.4, -0.2) is 39.2 Å². The topological polar surface area (TPSA) is 113 Å². The molecule has 4 rings (SSSR count). The molecule has 2 aromatic rings. The number of ether oxygens (including phenoxy) is 1. The zero-order valence-electron chi connectivity index (χ0n) is 13.5. The van der Waals surface area contributed by atoms with Gasteiger partial charge in [0.25, 0.3) is 0 Å². The van der Waals surface area contributed by atoms with Gasteiger partial charge in [0.15, 0.2) is 0 Å².